The van der Waals surface area contributed by atoms with Gasteiger partial charge in [-0.3, -0.25) is 5.84 Å². The summed E-state index contributed by atoms with van der Waals surface area (Å²) in [6.07, 6.45) is 3.50. The van der Waals surface area contributed by atoms with Gasteiger partial charge in [0.25, 0.3) is 0 Å². The van der Waals surface area contributed by atoms with E-state index in [1.807, 2.05) is 24.3 Å². The molecule has 3 heteroatoms. The smallest absolute Gasteiger partial charge is 0.269 e. The topological polar surface area (TPSA) is 42.8 Å². The Morgan fingerprint density at radius 1 is 1.27 bits per heavy atom. The highest BCUT2D eigenvalue weighted by Gasteiger charge is 2.03. The van der Waals surface area contributed by atoms with Gasteiger partial charge in [-0.1, -0.05) is 0 Å². The summed E-state index contributed by atoms with van der Waals surface area (Å²) in [4.78, 5) is 4.12. The predicted octanol–water partition coefficient (Wildman–Crippen LogP) is 0.236. The van der Waals surface area contributed by atoms with Gasteiger partial charge >= 0.3 is 5.65 Å². The summed E-state index contributed by atoms with van der Waals surface area (Å²) in [6.45, 7) is 0. The van der Waals surface area contributed by atoms with Crippen LogP contribution in [0.4, 0.5) is 0 Å². The molecule has 0 spiro atoms. The van der Waals surface area contributed by atoms with Crippen LogP contribution in [0, 0.1) is 0 Å². The Morgan fingerprint density at radius 2 is 2.09 bits per heavy atom. The predicted molar refractivity (Wildman–Crippen MR) is 42.1 cm³/mol. The van der Waals surface area contributed by atoms with Crippen molar-refractivity contribution in [3.63, 3.8) is 0 Å². The van der Waals surface area contributed by atoms with Crippen molar-refractivity contribution in [2.75, 3.05) is 5.84 Å². The van der Waals surface area contributed by atoms with E-state index in [0.717, 1.165) is 11.0 Å². The third-order valence-corrected chi connectivity index (χ3v) is 1.58. The Kier molecular flexibility index (Phi) is 1.22. The maximum atomic E-state index is 5.61. The van der Waals surface area contributed by atoms with E-state index in [0.29, 0.717) is 0 Å². The van der Waals surface area contributed by atoms with Crippen LogP contribution >= 0.6 is 0 Å². The van der Waals surface area contributed by atoms with Crippen molar-refractivity contribution in [2.24, 2.45) is 0 Å². The van der Waals surface area contributed by atoms with Crippen LogP contribution in [0.25, 0.3) is 11.0 Å². The summed E-state index contributed by atoms with van der Waals surface area (Å²) in [5.74, 6) is 5.61. The summed E-state index contributed by atoms with van der Waals surface area (Å²) in [6, 6.07) is 7.74. The van der Waals surface area contributed by atoms with Crippen LogP contribution in [0.15, 0.2) is 36.7 Å². The minimum atomic E-state index is 0.801. The molecule has 0 amide bonds. The molecule has 0 fully saturated rings. The molecule has 0 aliphatic rings. The van der Waals surface area contributed by atoms with Gasteiger partial charge in [0.05, 0.1) is 5.39 Å². The van der Waals surface area contributed by atoms with Gasteiger partial charge in [0.1, 0.15) is 12.4 Å². The first-order valence-electron chi connectivity index (χ1n) is 3.38. The van der Waals surface area contributed by atoms with E-state index in [1.54, 1.807) is 12.4 Å². The number of hydrogen-bond acceptors (Lipinski definition) is 2. The third-order valence-electron chi connectivity index (χ3n) is 1.58. The SMILES string of the molecule is N[n+]1cccc2cccnc21. The Labute approximate surface area is 64.1 Å². The summed E-state index contributed by atoms with van der Waals surface area (Å²) >= 11 is 0. The lowest BCUT2D eigenvalue weighted by molar-refractivity contribution is -0.613. The molecule has 11 heavy (non-hydrogen) atoms. The van der Waals surface area contributed by atoms with Crippen LogP contribution < -0.4 is 10.5 Å². The summed E-state index contributed by atoms with van der Waals surface area (Å²) in [7, 11) is 0. The number of nitrogen functional groups attached to an aromatic ring is 1. The van der Waals surface area contributed by atoms with Crippen molar-refractivity contribution in [2.45, 2.75) is 0 Å². The van der Waals surface area contributed by atoms with E-state index >= 15 is 0 Å². The summed E-state index contributed by atoms with van der Waals surface area (Å²) in [5, 5.41) is 1.05. The normalized spacial score (nSPS) is 10.2. The highest BCUT2D eigenvalue weighted by molar-refractivity contribution is 5.70. The number of hydrogen-bond donors (Lipinski definition) is 1. The first-order chi connectivity index (χ1) is 5.38. The van der Waals surface area contributed by atoms with Gasteiger partial charge in [-0.2, -0.15) is 0 Å². The van der Waals surface area contributed by atoms with Crippen molar-refractivity contribution in [3.8, 4) is 0 Å². The lowest BCUT2D eigenvalue weighted by Crippen LogP contribution is -2.44. The van der Waals surface area contributed by atoms with E-state index in [9.17, 15) is 0 Å². The van der Waals surface area contributed by atoms with Crippen molar-refractivity contribution in [3.05, 3.63) is 36.7 Å². The van der Waals surface area contributed by atoms with Crippen molar-refractivity contribution in [1.29, 1.82) is 0 Å². The Balaban J connectivity index is 2.91. The molecule has 2 aromatic rings. The molecule has 0 atom stereocenters. The number of fused-ring (bicyclic) bond motifs is 1. The molecule has 2 N–H and O–H groups in total. The number of pyridine rings is 2. The zero-order valence-corrected chi connectivity index (χ0v) is 5.94. The fourth-order valence-electron chi connectivity index (χ4n) is 1.07. The van der Waals surface area contributed by atoms with E-state index in [-0.39, 0.29) is 0 Å². The van der Waals surface area contributed by atoms with Crippen LogP contribution in [0.5, 0.6) is 0 Å². The second-order valence-electron chi connectivity index (χ2n) is 2.33. The number of nitrogens with two attached hydrogens (primary N) is 1. The highest BCUT2D eigenvalue weighted by Crippen LogP contribution is 2.02. The zero-order valence-electron chi connectivity index (χ0n) is 5.94. The van der Waals surface area contributed by atoms with Gasteiger partial charge < -0.3 is 0 Å². The number of nitrogens with zero attached hydrogens (tertiary/aromatic N) is 2. The van der Waals surface area contributed by atoms with Gasteiger partial charge in [-0.15, -0.1) is 4.68 Å². The Hall–Kier alpha value is -1.64. The van der Waals surface area contributed by atoms with Gasteiger partial charge in [0.15, 0.2) is 0 Å². The van der Waals surface area contributed by atoms with Crippen LogP contribution in [-0.2, 0) is 0 Å². The van der Waals surface area contributed by atoms with E-state index in [4.69, 9.17) is 5.84 Å². The average Bonchev–Trinajstić information content (AvgIpc) is 2.06. The second kappa shape index (κ2) is 2.20. The molecule has 2 heterocycles. The standard InChI is InChI=1S/C8H8N3/c9-11-6-2-4-7-3-1-5-10-8(7)11/h1-6H,9H2/q+1. The second-order valence-corrected chi connectivity index (χ2v) is 2.33. The molecule has 3 nitrogen and oxygen atoms in total. The van der Waals surface area contributed by atoms with Gasteiger partial charge in [-0.05, 0) is 29.2 Å². The molecule has 54 valence electrons. The quantitative estimate of drug-likeness (QED) is 0.427. The molecule has 0 saturated carbocycles. The van der Waals surface area contributed by atoms with Crippen molar-refractivity contribution >= 4 is 11.0 Å². The molecule has 0 bridgehead atoms. The monoisotopic (exact) mass is 146 g/mol. The van der Waals surface area contributed by atoms with E-state index < -0.39 is 0 Å². The van der Waals surface area contributed by atoms with Crippen molar-refractivity contribution < 1.29 is 4.68 Å². The molecule has 0 aliphatic heterocycles. The molecule has 0 unspecified atom stereocenters. The lowest BCUT2D eigenvalue weighted by atomic mass is 10.3. The lowest BCUT2D eigenvalue weighted by Gasteiger charge is -1.91. The van der Waals surface area contributed by atoms with E-state index in [2.05, 4.69) is 4.98 Å². The molecule has 2 aromatic heterocycles. The molecular weight excluding hydrogens is 138 g/mol. The molecule has 0 saturated heterocycles. The minimum Gasteiger partial charge on any atom is -0.269 e. The maximum Gasteiger partial charge on any atom is 0.352 e. The van der Waals surface area contributed by atoms with Crippen LogP contribution in [0.2, 0.25) is 0 Å². The van der Waals surface area contributed by atoms with E-state index in [1.165, 1.54) is 4.68 Å². The molecule has 2 rings (SSSR count). The maximum absolute atomic E-state index is 5.61. The Morgan fingerprint density at radius 3 is 2.91 bits per heavy atom. The third kappa shape index (κ3) is 0.902. The number of aromatic nitrogens is 2. The minimum absolute atomic E-state index is 0.801. The Bertz CT molecular complexity index is 378. The largest absolute Gasteiger partial charge is 0.352 e. The zero-order chi connectivity index (χ0) is 7.68. The average molecular weight is 146 g/mol. The highest BCUT2D eigenvalue weighted by atomic mass is 15.3. The molecular formula is C8H8N3+. The van der Waals surface area contributed by atoms with Crippen LogP contribution in [-0.4, -0.2) is 4.98 Å². The van der Waals surface area contributed by atoms with Crippen molar-refractivity contribution in [1.82, 2.24) is 4.98 Å². The molecule has 0 aliphatic carbocycles. The van der Waals surface area contributed by atoms with Crippen LogP contribution in [0.1, 0.15) is 0 Å². The first kappa shape index (κ1) is 6.09. The molecule has 0 radical (unpaired) electrons. The van der Waals surface area contributed by atoms with Gasteiger partial charge in [-0.25, -0.2) is 0 Å². The number of rotatable bonds is 0. The fraction of sp³-hybridized carbons (Fsp3) is 0. The van der Waals surface area contributed by atoms with Gasteiger partial charge in [0, 0.05) is 0 Å². The summed E-state index contributed by atoms with van der Waals surface area (Å²) in [5.41, 5.74) is 0.801. The van der Waals surface area contributed by atoms with Crippen LogP contribution in [0.3, 0.4) is 0 Å². The fourth-order valence-corrected chi connectivity index (χ4v) is 1.07. The summed E-state index contributed by atoms with van der Waals surface area (Å²) < 4.78 is 1.51. The first-order valence-corrected chi connectivity index (χ1v) is 3.38. The van der Waals surface area contributed by atoms with Gasteiger partial charge in [0.2, 0.25) is 0 Å². The molecule has 0 aromatic carbocycles.